The summed E-state index contributed by atoms with van der Waals surface area (Å²) in [5.74, 6) is 0.692. The number of aliphatic hydroxyl groups excluding tert-OH is 1. The summed E-state index contributed by atoms with van der Waals surface area (Å²) in [5.41, 5.74) is 0.0223. The first kappa shape index (κ1) is 13.4. The molecule has 2 heteroatoms. The Hall–Kier alpha value is -0.0800. The van der Waals surface area contributed by atoms with E-state index in [1.54, 1.807) is 0 Å². The number of aliphatic hydroxyl groups is 1. The summed E-state index contributed by atoms with van der Waals surface area (Å²) in [6, 6.07) is 0.659. The minimum absolute atomic E-state index is 0.0223. The molecule has 0 spiro atoms. The fraction of sp³-hybridized carbons (Fsp3) is 1.00. The second kappa shape index (κ2) is 5.71. The molecule has 3 atom stereocenters. The third-order valence-electron chi connectivity index (χ3n) is 5.07. The van der Waals surface area contributed by atoms with Crippen molar-refractivity contribution in [1.82, 2.24) is 5.32 Å². The van der Waals surface area contributed by atoms with E-state index in [9.17, 15) is 5.11 Å². The van der Waals surface area contributed by atoms with E-state index in [4.69, 9.17) is 0 Å². The van der Waals surface area contributed by atoms with Crippen LogP contribution in [-0.4, -0.2) is 22.8 Å². The zero-order chi connectivity index (χ0) is 12.3. The standard InChI is InChI=1S/C15H29NO/c1-3-15(10-9-12(2)11-14(15)17)16-13-7-5-4-6-8-13/h12-14,16-17H,3-11H2,1-2H3. The molecule has 2 fully saturated rings. The van der Waals surface area contributed by atoms with Crippen LogP contribution < -0.4 is 5.32 Å². The summed E-state index contributed by atoms with van der Waals surface area (Å²) in [6.45, 7) is 4.50. The van der Waals surface area contributed by atoms with Crippen LogP contribution in [0, 0.1) is 5.92 Å². The largest absolute Gasteiger partial charge is 0.391 e. The van der Waals surface area contributed by atoms with E-state index in [0.29, 0.717) is 12.0 Å². The maximum Gasteiger partial charge on any atom is 0.0724 e. The lowest BCUT2D eigenvalue weighted by atomic mass is 9.72. The van der Waals surface area contributed by atoms with Crippen LogP contribution in [0.2, 0.25) is 0 Å². The van der Waals surface area contributed by atoms with Gasteiger partial charge in [-0.25, -0.2) is 0 Å². The Morgan fingerprint density at radius 1 is 1.18 bits per heavy atom. The number of nitrogens with one attached hydrogen (secondary N) is 1. The molecule has 100 valence electrons. The molecular weight excluding hydrogens is 210 g/mol. The lowest BCUT2D eigenvalue weighted by molar-refractivity contribution is -0.00588. The van der Waals surface area contributed by atoms with Gasteiger partial charge in [-0.1, -0.05) is 33.1 Å². The molecule has 2 aliphatic rings. The average Bonchev–Trinajstić information content (AvgIpc) is 2.34. The van der Waals surface area contributed by atoms with Crippen molar-refractivity contribution in [1.29, 1.82) is 0 Å². The molecule has 0 aromatic rings. The Morgan fingerprint density at radius 3 is 2.47 bits per heavy atom. The van der Waals surface area contributed by atoms with Gasteiger partial charge in [-0.3, -0.25) is 0 Å². The molecule has 3 unspecified atom stereocenters. The first-order valence-corrected chi connectivity index (χ1v) is 7.62. The normalized spacial score (nSPS) is 40.4. The number of hydrogen-bond acceptors (Lipinski definition) is 2. The Morgan fingerprint density at radius 2 is 1.88 bits per heavy atom. The topological polar surface area (TPSA) is 32.3 Å². The van der Waals surface area contributed by atoms with Crippen LogP contribution in [0.3, 0.4) is 0 Å². The molecule has 2 rings (SSSR count). The van der Waals surface area contributed by atoms with Gasteiger partial charge in [-0.15, -0.1) is 0 Å². The van der Waals surface area contributed by atoms with E-state index < -0.39 is 0 Å². The van der Waals surface area contributed by atoms with E-state index in [0.717, 1.165) is 19.3 Å². The minimum Gasteiger partial charge on any atom is -0.391 e. The molecule has 2 nitrogen and oxygen atoms in total. The van der Waals surface area contributed by atoms with Gasteiger partial charge in [0.05, 0.1) is 6.10 Å². The fourth-order valence-electron chi connectivity index (χ4n) is 3.73. The predicted octanol–water partition coefficient (Wildman–Crippen LogP) is 3.24. The van der Waals surface area contributed by atoms with Crippen LogP contribution in [0.5, 0.6) is 0 Å². The molecule has 0 aliphatic heterocycles. The average molecular weight is 239 g/mol. The zero-order valence-corrected chi connectivity index (χ0v) is 11.5. The predicted molar refractivity (Wildman–Crippen MR) is 72.1 cm³/mol. The van der Waals surface area contributed by atoms with Gasteiger partial charge < -0.3 is 10.4 Å². The Bertz CT molecular complexity index is 237. The smallest absolute Gasteiger partial charge is 0.0724 e. The summed E-state index contributed by atoms with van der Waals surface area (Å²) in [5, 5.41) is 14.3. The van der Waals surface area contributed by atoms with Crippen LogP contribution in [0.1, 0.15) is 71.6 Å². The highest BCUT2D eigenvalue weighted by atomic mass is 16.3. The van der Waals surface area contributed by atoms with E-state index in [2.05, 4.69) is 19.2 Å². The Labute approximate surface area is 106 Å². The molecule has 2 N–H and O–H groups in total. The van der Waals surface area contributed by atoms with Crippen molar-refractivity contribution >= 4 is 0 Å². The van der Waals surface area contributed by atoms with Crippen molar-refractivity contribution in [2.24, 2.45) is 5.92 Å². The molecule has 17 heavy (non-hydrogen) atoms. The SMILES string of the molecule is CCC1(NC2CCCCC2)CCC(C)CC1O. The van der Waals surface area contributed by atoms with Crippen molar-refractivity contribution in [3.63, 3.8) is 0 Å². The summed E-state index contributed by atoms with van der Waals surface area (Å²) < 4.78 is 0. The molecule has 0 heterocycles. The van der Waals surface area contributed by atoms with Gasteiger partial charge in [0.2, 0.25) is 0 Å². The summed E-state index contributed by atoms with van der Waals surface area (Å²) in [7, 11) is 0. The van der Waals surface area contributed by atoms with Gasteiger partial charge in [-0.2, -0.15) is 0 Å². The van der Waals surface area contributed by atoms with Gasteiger partial charge >= 0.3 is 0 Å². The lowest BCUT2D eigenvalue weighted by Gasteiger charge is -2.46. The molecule has 0 radical (unpaired) electrons. The van der Waals surface area contributed by atoms with Crippen molar-refractivity contribution < 1.29 is 5.11 Å². The molecule has 2 saturated carbocycles. The summed E-state index contributed by atoms with van der Waals surface area (Å²) in [6.07, 6.45) is 11.1. The fourth-order valence-corrected chi connectivity index (χ4v) is 3.73. The molecule has 0 aromatic heterocycles. The number of hydrogen-bond donors (Lipinski definition) is 2. The van der Waals surface area contributed by atoms with E-state index in [1.807, 2.05) is 0 Å². The van der Waals surface area contributed by atoms with Crippen LogP contribution in [0.15, 0.2) is 0 Å². The monoisotopic (exact) mass is 239 g/mol. The maximum atomic E-state index is 10.5. The van der Waals surface area contributed by atoms with Gasteiger partial charge in [0.25, 0.3) is 0 Å². The molecule has 0 saturated heterocycles. The van der Waals surface area contributed by atoms with Crippen molar-refractivity contribution in [2.45, 2.75) is 89.3 Å². The third-order valence-corrected chi connectivity index (χ3v) is 5.07. The molecule has 0 bridgehead atoms. The molecule has 0 amide bonds. The Balaban J connectivity index is 1.97. The van der Waals surface area contributed by atoms with Crippen molar-refractivity contribution in [3.8, 4) is 0 Å². The first-order valence-electron chi connectivity index (χ1n) is 7.62. The molecule has 0 aromatic carbocycles. The van der Waals surface area contributed by atoms with Crippen molar-refractivity contribution in [2.75, 3.05) is 0 Å². The van der Waals surface area contributed by atoms with Crippen LogP contribution in [0.25, 0.3) is 0 Å². The number of rotatable bonds is 3. The van der Waals surface area contributed by atoms with Gasteiger partial charge in [0.1, 0.15) is 0 Å². The minimum atomic E-state index is -0.141. The summed E-state index contributed by atoms with van der Waals surface area (Å²) in [4.78, 5) is 0. The molecule has 2 aliphatic carbocycles. The van der Waals surface area contributed by atoms with Gasteiger partial charge in [-0.05, 0) is 44.4 Å². The van der Waals surface area contributed by atoms with Crippen LogP contribution in [0.4, 0.5) is 0 Å². The van der Waals surface area contributed by atoms with Crippen molar-refractivity contribution in [3.05, 3.63) is 0 Å². The maximum absolute atomic E-state index is 10.5. The zero-order valence-electron chi connectivity index (χ0n) is 11.5. The highest BCUT2D eigenvalue weighted by molar-refractivity contribution is 5.00. The van der Waals surface area contributed by atoms with E-state index in [1.165, 1.54) is 38.5 Å². The van der Waals surface area contributed by atoms with Gasteiger partial charge in [0, 0.05) is 11.6 Å². The van der Waals surface area contributed by atoms with Gasteiger partial charge in [0.15, 0.2) is 0 Å². The second-order valence-corrected chi connectivity index (χ2v) is 6.38. The van der Waals surface area contributed by atoms with E-state index >= 15 is 0 Å². The second-order valence-electron chi connectivity index (χ2n) is 6.38. The van der Waals surface area contributed by atoms with E-state index in [-0.39, 0.29) is 11.6 Å². The third kappa shape index (κ3) is 3.03. The highest BCUT2D eigenvalue weighted by Gasteiger charge is 2.41. The van der Waals surface area contributed by atoms with Crippen LogP contribution in [-0.2, 0) is 0 Å². The molecular formula is C15H29NO. The lowest BCUT2D eigenvalue weighted by Crippen LogP contribution is -2.60. The Kier molecular flexibility index (Phi) is 4.48. The highest BCUT2D eigenvalue weighted by Crippen LogP contribution is 2.36. The quantitative estimate of drug-likeness (QED) is 0.792. The van der Waals surface area contributed by atoms with Crippen LogP contribution >= 0.6 is 0 Å². The summed E-state index contributed by atoms with van der Waals surface area (Å²) >= 11 is 0. The first-order chi connectivity index (χ1) is 8.16.